The molecule has 0 saturated carbocycles. The molecule has 1 saturated heterocycles. The maximum atomic E-state index is 14.5. The molecule has 0 unspecified atom stereocenters. The first kappa shape index (κ1) is 18.2. The largest absolute Gasteiger partial charge is 0.485 e. The maximum absolute atomic E-state index is 14.5. The van der Waals surface area contributed by atoms with Crippen LogP contribution in [0.1, 0.15) is 29.9 Å². The van der Waals surface area contributed by atoms with E-state index in [-0.39, 0.29) is 23.9 Å². The third-order valence-corrected chi connectivity index (χ3v) is 5.20. The molecule has 142 valence electrons. The molecule has 2 aromatic carbocycles. The lowest BCUT2D eigenvalue weighted by molar-refractivity contribution is 0.279. The van der Waals surface area contributed by atoms with Gasteiger partial charge in [-0.1, -0.05) is 17.7 Å². The van der Waals surface area contributed by atoms with Gasteiger partial charge in [0.1, 0.15) is 18.0 Å². The van der Waals surface area contributed by atoms with E-state index in [0.29, 0.717) is 21.5 Å². The predicted octanol–water partition coefficient (Wildman–Crippen LogP) is 5.55. The summed E-state index contributed by atoms with van der Waals surface area (Å²) in [4.78, 5) is 0. The molecule has 3 nitrogen and oxygen atoms in total. The summed E-state index contributed by atoms with van der Waals surface area (Å²) >= 11 is 6.05. The minimum absolute atomic E-state index is 0.0118. The van der Waals surface area contributed by atoms with Gasteiger partial charge in [0.25, 0.3) is 6.01 Å². The SMILES string of the molecule is Fc1cc(F)c(OCc2ccc(Cl)c3cc(F)oc23)c(C2CCNCC2)c1. The molecule has 1 aliphatic rings. The van der Waals surface area contributed by atoms with Crippen molar-refractivity contribution < 1.29 is 22.3 Å². The van der Waals surface area contributed by atoms with E-state index in [1.165, 1.54) is 12.1 Å². The molecule has 4 rings (SSSR count). The predicted molar refractivity (Wildman–Crippen MR) is 96.7 cm³/mol. The number of furan rings is 1. The molecule has 0 bridgehead atoms. The summed E-state index contributed by atoms with van der Waals surface area (Å²) in [6.45, 7) is 1.51. The van der Waals surface area contributed by atoms with Crippen LogP contribution in [-0.2, 0) is 6.61 Å². The van der Waals surface area contributed by atoms with Crippen molar-refractivity contribution in [3.05, 3.63) is 64.1 Å². The number of fused-ring (bicyclic) bond motifs is 1. The molecule has 7 heteroatoms. The van der Waals surface area contributed by atoms with Gasteiger partial charge in [0.2, 0.25) is 0 Å². The fraction of sp³-hybridized carbons (Fsp3) is 0.300. The van der Waals surface area contributed by atoms with Crippen molar-refractivity contribution >= 4 is 22.6 Å². The highest BCUT2D eigenvalue weighted by atomic mass is 35.5. The van der Waals surface area contributed by atoms with Crippen molar-refractivity contribution in [1.29, 1.82) is 0 Å². The van der Waals surface area contributed by atoms with E-state index in [4.69, 9.17) is 20.8 Å². The number of ether oxygens (including phenoxy) is 1. The zero-order valence-electron chi connectivity index (χ0n) is 14.3. The zero-order chi connectivity index (χ0) is 19.0. The van der Waals surface area contributed by atoms with E-state index in [1.807, 2.05) is 0 Å². The molecular formula is C20H17ClF3NO2. The van der Waals surface area contributed by atoms with Crippen molar-refractivity contribution in [2.24, 2.45) is 0 Å². The number of benzene rings is 2. The number of hydrogen-bond acceptors (Lipinski definition) is 3. The lowest BCUT2D eigenvalue weighted by Gasteiger charge is -2.25. The van der Waals surface area contributed by atoms with Crippen LogP contribution in [0.2, 0.25) is 5.02 Å². The van der Waals surface area contributed by atoms with Gasteiger partial charge in [0.05, 0.1) is 5.02 Å². The number of halogens is 4. The minimum atomic E-state index is -0.761. The smallest absolute Gasteiger partial charge is 0.278 e. The normalized spacial score (nSPS) is 15.4. The Kier molecular flexibility index (Phi) is 5.02. The van der Waals surface area contributed by atoms with E-state index in [9.17, 15) is 13.2 Å². The highest BCUT2D eigenvalue weighted by Crippen LogP contribution is 2.36. The summed E-state index contributed by atoms with van der Waals surface area (Å²) < 4.78 is 52.6. The van der Waals surface area contributed by atoms with E-state index < -0.39 is 17.6 Å². The summed E-state index contributed by atoms with van der Waals surface area (Å²) in [6, 6.07) is 5.82. The molecular weight excluding hydrogens is 379 g/mol. The first-order valence-corrected chi connectivity index (χ1v) is 9.09. The number of rotatable bonds is 4. The second kappa shape index (κ2) is 7.44. The van der Waals surface area contributed by atoms with Gasteiger partial charge in [-0.15, -0.1) is 0 Å². The van der Waals surface area contributed by atoms with Crippen molar-refractivity contribution in [1.82, 2.24) is 5.32 Å². The lowest BCUT2D eigenvalue weighted by atomic mass is 9.89. The van der Waals surface area contributed by atoms with Gasteiger partial charge < -0.3 is 14.5 Å². The molecule has 1 fully saturated rings. The average molecular weight is 396 g/mol. The van der Waals surface area contributed by atoms with Crippen molar-refractivity contribution in [2.45, 2.75) is 25.4 Å². The molecule has 0 spiro atoms. The lowest BCUT2D eigenvalue weighted by Crippen LogP contribution is -2.27. The average Bonchev–Trinajstić information content (AvgIpc) is 3.05. The van der Waals surface area contributed by atoms with Gasteiger partial charge in [-0.3, -0.25) is 0 Å². The van der Waals surface area contributed by atoms with Crippen LogP contribution in [0.15, 0.2) is 34.7 Å². The fourth-order valence-corrected chi connectivity index (χ4v) is 3.75. The van der Waals surface area contributed by atoms with E-state index in [2.05, 4.69) is 5.32 Å². The van der Waals surface area contributed by atoms with Gasteiger partial charge >= 0.3 is 0 Å². The van der Waals surface area contributed by atoms with Gasteiger partial charge in [-0.2, -0.15) is 4.39 Å². The first-order valence-electron chi connectivity index (χ1n) is 8.72. The standard InChI is InChI=1S/C20H17ClF3NO2/c21-16-2-1-12(19-15(16)9-18(24)27-19)10-26-20-14(7-13(22)8-17(20)23)11-3-5-25-6-4-11/h1-2,7-9,11,25H,3-6,10H2. The van der Waals surface area contributed by atoms with Gasteiger partial charge in [-0.05, 0) is 44.0 Å². The third-order valence-electron chi connectivity index (χ3n) is 4.87. The molecule has 27 heavy (non-hydrogen) atoms. The molecule has 1 aromatic heterocycles. The number of piperidine rings is 1. The van der Waals surface area contributed by atoms with Crippen molar-refractivity contribution in [2.75, 3.05) is 13.1 Å². The van der Waals surface area contributed by atoms with Crippen LogP contribution in [0.4, 0.5) is 13.2 Å². The molecule has 2 heterocycles. The van der Waals surface area contributed by atoms with Crippen LogP contribution in [0.3, 0.4) is 0 Å². The second-order valence-corrected chi connectivity index (χ2v) is 7.03. The van der Waals surface area contributed by atoms with Crippen LogP contribution >= 0.6 is 11.6 Å². The highest BCUT2D eigenvalue weighted by Gasteiger charge is 2.23. The van der Waals surface area contributed by atoms with Crippen LogP contribution in [0.5, 0.6) is 5.75 Å². The van der Waals surface area contributed by atoms with Crippen molar-refractivity contribution in [3.8, 4) is 5.75 Å². The molecule has 1 N–H and O–H groups in total. The van der Waals surface area contributed by atoms with E-state index in [1.54, 1.807) is 12.1 Å². The van der Waals surface area contributed by atoms with Crippen molar-refractivity contribution in [3.63, 3.8) is 0 Å². The van der Waals surface area contributed by atoms with Gasteiger partial charge in [-0.25, -0.2) is 8.78 Å². The molecule has 0 aliphatic carbocycles. The number of nitrogens with one attached hydrogen (secondary N) is 1. The Morgan fingerprint density at radius 3 is 2.67 bits per heavy atom. The zero-order valence-corrected chi connectivity index (χ0v) is 15.1. The Labute approximate surface area is 159 Å². The molecule has 1 aliphatic heterocycles. The second-order valence-electron chi connectivity index (χ2n) is 6.62. The first-order chi connectivity index (χ1) is 13.0. The Hall–Kier alpha value is -2.18. The fourth-order valence-electron chi connectivity index (χ4n) is 3.55. The molecule has 0 radical (unpaired) electrons. The summed E-state index contributed by atoms with van der Waals surface area (Å²) in [5.74, 6) is -1.34. The molecule has 3 aromatic rings. The Morgan fingerprint density at radius 1 is 1.11 bits per heavy atom. The van der Waals surface area contributed by atoms with Crippen LogP contribution < -0.4 is 10.1 Å². The monoisotopic (exact) mass is 395 g/mol. The topological polar surface area (TPSA) is 34.4 Å². The highest BCUT2D eigenvalue weighted by molar-refractivity contribution is 6.35. The Balaban J connectivity index is 1.66. The molecule has 0 atom stereocenters. The van der Waals surface area contributed by atoms with Gasteiger partial charge in [0.15, 0.2) is 11.6 Å². The van der Waals surface area contributed by atoms with Gasteiger partial charge in [0, 0.05) is 28.6 Å². The summed E-state index contributed by atoms with van der Waals surface area (Å²) in [5.41, 5.74) is 1.30. The maximum Gasteiger partial charge on any atom is 0.278 e. The van der Waals surface area contributed by atoms with E-state index in [0.717, 1.165) is 32.0 Å². The van der Waals surface area contributed by atoms with Crippen LogP contribution in [0.25, 0.3) is 11.0 Å². The van der Waals surface area contributed by atoms with Crippen LogP contribution in [-0.4, -0.2) is 13.1 Å². The van der Waals surface area contributed by atoms with Crippen LogP contribution in [0, 0.1) is 17.6 Å². The van der Waals surface area contributed by atoms with E-state index >= 15 is 0 Å². The number of hydrogen-bond donors (Lipinski definition) is 1. The summed E-state index contributed by atoms with van der Waals surface area (Å²) in [6.07, 6.45) is 1.54. The Morgan fingerprint density at radius 2 is 1.89 bits per heavy atom. The summed E-state index contributed by atoms with van der Waals surface area (Å²) in [5, 5.41) is 4.01. The quantitative estimate of drug-likeness (QED) is 0.629. The minimum Gasteiger partial charge on any atom is -0.485 e. The Bertz CT molecular complexity index is 983. The molecule has 0 amide bonds. The summed E-state index contributed by atoms with van der Waals surface area (Å²) in [7, 11) is 0. The third kappa shape index (κ3) is 3.64.